The molecule has 2 atom stereocenters. The standard InChI is InChI=1S/C7H14N2O2/c1-11-7(10)6-3-2-5(8)4-9-6/h5-6,9H,2-4,8H2,1H3/t5-,6+/m0/s1. The fourth-order valence-corrected chi connectivity index (χ4v) is 1.22. The fourth-order valence-electron chi connectivity index (χ4n) is 1.22. The van der Waals surface area contributed by atoms with Crippen molar-refractivity contribution in [2.24, 2.45) is 5.73 Å². The lowest BCUT2D eigenvalue weighted by molar-refractivity contribution is -0.143. The minimum Gasteiger partial charge on any atom is -0.468 e. The first-order valence-electron chi connectivity index (χ1n) is 3.81. The number of nitrogens with one attached hydrogen (secondary N) is 1. The van der Waals surface area contributed by atoms with Crippen molar-refractivity contribution in [3.05, 3.63) is 0 Å². The van der Waals surface area contributed by atoms with E-state index in [9.17, 15) is 4.79 Å². The molecule has 0 aliphatic carbocycles. The number of ether oxygens (including phenoxy) is 1. The summed E-state index contributed by atoms with van der Waals surface area (Å²) < 4.78 is 4.58. The van der Waals surface area contributed by atoms with Gasteiger partial charge in [-0.2, -0.15) is 0 Å². The molecule has 1 fully saturated rings. The highest BCUT2D eigenvalue weighted by atomic mass is 16.5. The number of nitrogens with two attached hydrogens (primary N) is 1. The molecule has 0 aromatic rings. The molecule has 0 radical (unpaired) electrons. The zero-order valence-electron chi connectivity index (χ0n) is 6.67. The van der Waals surface area contributed by atoms with Gasteiger partial charge in [0.15, 0.2) is 0 Å². The Kier molecular flexibility index (Phi) is 2.84. The van der Waals surface area contributed by atoms with Crippen LogP contribution in [0.3, 0.4) is 0 Å². The zero-order chi connectivity index (χ0) is 8.27. The molecule has 0 saturated carbocycles. The summed E-state index contributed by atoms with van der Waals surface area (Å²) in [4.78, 5) is 10.9. The molecule has 1 heterocycles. The molecule has 1 aliphatic heterocycles. The highest BCUT2D eigenvalue weighted by Gasteiger charge is 2.23. The summed E-state index contributed by atoms with van der Waals surface area (Å²) in [5, 5.41) is 3.02. The summed E-state index contributed by atoms with van der Waals surface area (Å²) >= 11 is 0. The maximum absolute atomic E-state index is 10.9. The molecule has 64 valence electrons. The van der Waals surface area contributed by atoms with E-state index in [1.165, 1.54) is 7.11 Å². The molecular weight excluding hydrogens is 144 g/mol. The summed E-state index contributed by atoms with van der Waals surface area (Å²) in [7, 11) is 1.40. The number of carbonyl (C=O) groups excluding carboxylic acids is 1. The number of rotatable bonds is 1. The van der Waals surface area contributed by atoms with E-state index in [0.29, 0.717) is 6.54 Å². The van der Waals surface area contributed by atoms with Crippen molar-refractivity contribution in [2.75, 3.05) is 13.7 Å². The molecule has 1 aliphatic rings. The van der Waals surface area contributed by atoms with E-state index >= 15 is 0 Å². The Labute approximate surface area is 66.1 Å². The molecule has 11 heavy (non-hydrogen) atoms. The predicted octanol–water partition coefficient (Wildman–Crippen LogP) is -0.761. The van der Waals surface area contributed by atoms with Gasteiger partial charge in [0.2, 0.25) is 0 Å². The van der Waals surface area contributed by atoms with E-state index in [1.807, 2.05) is 0 Å². The van der Waals surface area contributed by atoms with Crippen molar-refractivity contribution in [2.45, 2.75) is 24.9 Å². The molecule has 1 rings (SSSR count). The van der Waals surface area contributed by atoms with Crippen LogP contribution in [-0.4, -0.2) is 31.7 Å². The van der Waals surface area contributed by atoms with Crippen LogP contribution in [0, 0.1) is 0 Å². The number of hydrogen-bond acceptors (Lipinski definition) is 4. The van der Waals surface area contributed by atoms with Gasteiger partial charge in [-0.1, -0.05) is 0 Å². The SMILES string of the molecule is COC(=O)[C@H]1CC[C@H](N)CN1. The van der Waals surface area contributed by atoms with Gasteiger partial charge in [0, 0.05) is 12.6 Å². The fraction of sp³-hybridized carbons (Fsp3) is 0.857. The second-order valence-corrected chi connectivity index (χ2v) is 2.82. The van der Waals surface area contributed by atoms with E-state index in [-0.39, 0.29) is 18.1 Å². The van der Waals surface area contributed by atoms with Gasteiger partial charge in [-0.3, -0.25) is 4.79 Å². The lowest BCUT2D eigenvalue weighted by atomic mass is 10.0. The lowest BCUT2D eigenvalue weighted by Gasteiger charge is -2.25. The first kappa shape index (κ1) is 8.49. The molecule has 4 heteroatoms. The van der Waals surface area contributed by atoms with Crippen LogP contribution < -0.4 is 11.1 Å². The molecule has 0 aromatic carbocycles. The summed E-state index contributed by atoms with van der Waals surface area (Å²) in [5.41, 5.74) is 5.62. The van der Waals surface area contributed by atoms with E-state index in [2.05, 4.69) is 10.1 Å². The van der Waals surface area contributed by atoms with Crippen LogP contribution in [0.5, 0.6) is 0 Å². The lowest BCUT2D eigenvalue weighted by Crippen LogP contribution is -2.49. The van der Waals surface area contributed by atoms with Crippen LogP contribution in [0.1, 0.15) is 12.8 Å². The first-order valence-corrected chi connectivity index (χ1v) is 3.81. The van der Waals surface area contributed by atoms with Crippen LogP contribution in [0.25, 0.3) is 0 Å². The molecule has 0 amide bonds. The summed E-state index contributed by atoms with van der Waals surface area (Å²) in [6.07, 6.45) is 1.68. The van der Waals surface area contributed by atoms with E-state index in [0.717, 1.165) is 12.8 Å². The second-order valence-electron chi connectivity index (χ2n) is 2.82. The van der Waals surface area contributed by atoms with Gasteiger partial charge in [0.25, 0.3) is 0 Å². The van der Waals surface area contributed by atoms with Gasteiger partial charge in [-0.05, 0) is 12.8 Å². The average Bonchev–Trinajstić information content (AvgIpc) is 2.05. The van der Waals surface area contributed by atoms with Gasteiger partial charge < -0.3 is 15.8 Å². The first-order chi connectivity index (χ1) is 5.24. The molecule has 3 N–H and O–H groups in total. The largest absolute Gasteiger partial charge is 0.468 e. The Morgan fingerprint density at radius 3 is 2.82 bits per heavy atom. The Hall–Kier alpha value is -0.610. The third-order valence-corrected chi connectivity index (χ3v) is 1.94. The molecule has 0 unspecified atom stereocenters. The molecule has 0 spiro atoms. The zero-order valence-corrected chi connectivity index (χ0v) is 6.67. The van der Waals surface area contributed by atoms with Crippen molar-refractivity contribution in [1.82, 2.24) is 5.32 Å². The minimum absolute atomic E-state index is 0.139. The Balaban J connectivity index is 2.33. The van der Waals surface area contributed by atoms with Gasteiger partial charge >= 0.3 is 5.97 Å². The number of methoxy groups -OCH3 is 1. The topological polar surface area (TPSA) is 64.3 Å². The maximum Gasteiger partial charge on any atom is 0.322 e. The second kappa shape index (κ2) is 3.69. The van der Waals surface area contributed by atoms with Crippen molar-refractivity contribution >= 4 is 5.97 Å². The molecule has 0 bridgehead atoms. The Bertz CT molecular complexity index is 141. The smallest absolute Gasteiger partial charge is 0.322 e. The molecular formula is C7H14N2O2. The number of hydrogen-bond donors (Lipinski definition) is 2. The highest BCUT2D eigenvalue weighted by molar-refractivity contribution is 5.75. The third-order valence-electron chi connectivity index (χ3n) is 1.94. The summed E-state index contributed by atoms with van der Waals surface area (Å²) in [6.45, 7) is 0.708. The van der Waals surface area contributed by atoms with Crippen LogP contribution >= 0.6 is 0 Å². The number of piperidine rings is 1. The number of carbonyl (C=O) groups is 1. The van der Waals surface area contributed by atoms with Gasteiger partial charge in [-0.15, -0.1) is 0 Å². The van der Waals surface area contributed by atoms with Crippen LogP contribution in [-0.2, 0) is 9.53 Å². The van der Waals surface area contributed by atoms with Crippen LogP contribution in [0.15, 0.2) is 0 Å². The molecule has 0 aromatic heterocycles. The normalized spacial score (nSPS) is 31.5. The Morgan fingerprint density at radius 2 is 2.36 bits per heavy atom. The van der Waals surface area contributed by atoms with Crippen LogP contribution in [0.2, 0.25) is 0 Å². The van der Waals surface area contributed by atoms with Gasteiger partial charge in [0.05, 0.1) is 7.11 Å². The van der Waals surface area contributed by atoms with Crippen LogP contribution in [0.4, 0.5) is 0 Å². The van der Waals surface area contributed by atoms with E-state index < -0.39 is 0 Å². The average molecular weight is 158 g/mol. The van der Waals surface area contributed by atoms with Gasteiger partial charge in [-0.25, -0.2) is 0 Å². The number of esters is 1. The Morgan fingerprint density at radius 1 is 1.64 bits per heavy atom. The molecule has 4 nitrogen and oxygen atoms in total. The highest BCUT2D eigenvalue weighted by Crippen LogP contribution is 2.06. The van der Waals surface area contributed by atoms with Crippen molar-refractivity contribution in [1.29, 1.82) is 0 Å². The van der Waals surface area contributed by atoms with Gasteiger partial charge in [0.1, 0.15) is 6.04 Å². The van der Waals surface area contributed by atoms with Crippen molar-refractivity contribution in [3.8, 4) is 0 Å². The van der Waals surface area contributed by atoms with Crippen molar-refractivity contribution in [3.63, 3.8) is 0 Å². The third kappa shape index (κ3) is 2.17. The minimum atomic E-state index is -0.183. The maximum atomic E-state index is 10.9. The van der Waals surface area contributed by atoms with Crippen molar-refractivity contribution < 1.29 is 9.53 Å². The van der Waals surface area contributed by atoms with E-state index in [1.54, 1.807) is 0 Å². The molecule has 1 saturated heterocycles. The quantitative estimate of drug-likeness (QED) is 0.492. The van der Waals surface area contributed by atoms with E-state index in [4.69, 9.17) is 5.73 Å². The predicted molar refractivity (Wildman–Crippen MR) is 41.0 cm³/mol. The summed E-state index contributed by atoms with van der Waals surface area (Å²) in [5.74, 6) is -0.183. The monoisotopic (exact) mass is 158 g/mol. The summed E-state index contributed by atoms with van der Waals surface area (Å²) in [6, 6.07) is 0.0516.